The highest BCUT2D eigenvalue weighted by Gasteiger charge is 2.26. The predicted molar refractivity (Wildman–Crippen MR) is 82.2 cm³/mol. The van der Waals surface area contributed by atoms with Crippen molar-refractivity contribution in [3.05, 3.63) is 29.3 Å². The lowest BCUT2D eigenvalue weighted by molar-refractivity contribution is -0.233. The summed E-state index contributed by atoms with van der Waals surface area (Å²) in [7, 11) is -4.20. The quantitative estimate of drug-likeness (QED) is 0.585. The van der Waals surface area contributed by atoms with E-state index >= 15 is 0 Å². The third kappa shape index (κ3) is 3.85. The maximum atomic E-state index is 12.4. The smallest absolute Gasteiger partial charge is 0.281 e. The first kappa shape index (κ1) is 18.6. The third-order valence-electron chi connectivity index (χ3n) is 3.57. The zero-order valence-corrected chi connectivity index (χ0v) is 14.0. The molecule has 1 aromatic carbocycles. The van der Waals surface area contributed by atoms with Gasteiger partial charge in [0.05, 0.1) is 18.1 Å². The molecule has 0 unspecified atom stereocenters. The Labute approximate surface area is 131 Å². The fourth-order valence-corrected chi connectivity index (χ4v) is 3.00. The van der Waals surface area contributed by atoms with Gasteiger partial charge in [0, 0.05) is 5.41 Å². The minimum atomic E-state index is -4.20. The van der Waals surface area contributed by atoms with Gasteiger partial charge in [-0.15, -0.1) is 0 Å². The third-order valence-corrected chi connectivity index (χ3v) is 4.98. The molecule has 6 nitrogen and oxygen atoms in total. The molecule has 22 heavy (non-hydrogen) atoms. The molecule has 124 valence electrons. The minimum Gasteiger partial charge on any atom is -0.861 e. The second-order valence-corrected chi connectivity index (χ2v) is 7.50. The van der Waals surface area contributed by atoms with Gasteiger partial charge in [-0.05, 0) is 35.9 Å². The van der Waals surface area contributed by atoms with Crippen molar-refractivity contribution in [2.24, 2.45) is 9.81 Å². The molecule has 7 heteroatoms. The van der Waals surface area contributed by atoms with Crippen molar-refractivity contribution in [3.8, 4) is 0 Å². The molecule has 0 saturated heterocycles. The first-order valence-electron chi connectivity index (χ1n) is 6.92. The molecule has 0 heterocycles. The van der Waals surface area contributed by atoms with Gasteiger partial charge in [0.2, 0.25) is 0 Å². The zero-order chi connectivity index (χ0) is 17.1. The van der Waals surface area contributed by atoms with E-state index in [1.165, 1.54) is 13.0 Å². The summed E-state index contributed by atoms with van der Waals surface area (Å²) < 4.78 is 28.0. The van der Waals surface area contributed by atoms with E-state index in [0.717, 1.165) is 5.56 Å². The normalized spacial score (nSPS) is 13.7. The Balaban J connectivity index is 3.40. The standard InChI is InChI=1S/C15H23NO5S/c1-10(2)12-6-5-11(3)13(7-12)22(20,21)16-14(19)15(4,8-17)9-18/h5-7,10,17-18H,8-9H2,1-4H3,(H,16,19)/p-1. The number of aliphatic hydroxyl groups excluding tert-OH is 2. The maximum Gasteiger partial charge on any atom is 0.281 e. The molecule has 0 aliphatic heterocycles. The second kappa shape index (κ2) is 6.76. The molecule has 0 aromatic heterocycles. The first-order valence-corrected chi connectivity index (χ1v) is 8.36. The Morgan fingerprint density at radius 3 is 2.32 bits per heavy atom. The number of hydrogen-bond acceptors (Lipinski definition) is 5. The Morgan fingerprint density at radius 2 is 1.86 bits per heavy atom. The van der Waals surface area contributed by atoms with Crippen molar-refractivity contribution in [3.63, 3.8) is 0 Å². The lowest BCUT2D eigenvalue weighted by atomic mass is 9.93. The SMILES string of the molecule is Cc1ccc(C(C)C)cc1S(=O)(=O)/N=C(\[O-])C(C)(CO)CO. The molecule has 0 atom stereocenters. The van der Waals surface area contributed by atoms with Crippen LogP contribution in [0.4, 0.5) is 0 Å². The highest BCUT2D eigenvalue weighted by molar-refractivity contribution is 7.90. The van der Waals surface area contributed by atoms with Gasteiger partial charge >= 0.3 is 0 Å². The fourth-order valence-electron chi connectivity index (χ4n) is 1.71. The van der Waals surface area contributed by atoms with Crippen LogP contribution < -0.4 is 5.11 Å². The van der Waals surface area contributed by atoms with Crippen LogP contribution in [0, 0.1) is 12.3 Å². The van der Waals surface area contributed by atoms with Crippen LogP contribution in [-0.4, -0.2) is 37.7 Å². The van der Waals surface area contributed by atoms with E-state index in [1.807, 2.05) is 19.9 Å². The van der Waals surface area contributed by atoms with Crippen molar-refractivity contribution in [2.75, 3.05) is 13.2 Å². The van der Waals surface area contributed by atoms with Gasteiger partial charge in [-0.3, -0.25) is 0 Å². The Kier molecular flexibility index (Phi) is 5.72. The lowest BCUT2D eigenvalue weighted by Crippen LogP contribution is -2.43. The highest BCUT2D eigenvalue weighted by atomic mass is 32.2. The summed E-state index contributed by atoms with van der Waals surface area (Å²) in [6, 6.07) is 4.99. The van der Waals surface area contributed by atoms with Crippen LogP contribution in [0.3, 0.4) is 0 Å². The van der Waals surface area contributed by atoms with Crippen molar-refractivity contribution in [1.29, 1.82) is 0 Å². The summed E-state index contributed by atoms with van der Waals surface area (Å²) in [5.41, 5.74) is -0.314. The van der Waals surface area contributed by atoms with Crippen molar-refractivity contribution in [1.82, 2.24) is 0 Å². The summed E-state index contributed by atoms with van der Waals surface area (Å²) in [6.07, 6.45) is 0. The van der Waals surface area contributed by atoms with E-state index in [-0.39, 0.29) is 10.8 Å². The van der Waals surface area contributed by atoms with Crippen LogP contribution in [0.2, 0.25) is 0 Å². The van der Waals surface area contributed by atoms with Crippen molar-refractivity contribution >= 4 is 15.9 Å². The highest BCUT2D eigenvalue weighted by Crippen LogP contribution is 2.25. The van der Waals surface area contributed by atoms with Gasteiger partial charge in [-0.25, -0.2) is 0 Å². The molecular weight excluding hydrogens is 306 g/mol. The van der Waals surface area contributed by atoms with Crippen LogP contribution in [0.15, 0.2) is 27.5 Å². The van der Waals surface area contributed by atoms with E-state index < -0.39 is 34.5 Å². The van der Waals surface area contributed by atoms with Gasteiger partial charge in [-0.2, -0.15) is 12.8 Å². The van der Waals surface area contributed by atoms with Crippen LogP contribution in [0.25, 0.3) is 0 Å². The summed E-state index contributed by atoms with van der Waals surface area (Å²) in [4.78, 5) is -0.0368. The summed E-state index contributed by atoms with van der Waals surface area (Å²) in [5, 5.41) is 30.3. The number of sulfonamides is 1. The monoisotopic (exact) mass is 328 g/mol. The average Bonchev–Trinajstić information content (AvgIpc) is 2.45. The predicted octanol–water partition coefficient (Wildman–Crippen LogP) is 0.557. The molecule has 0 aliphatic carbocycles. The summed E-state index contributed by atoms with van der Waals surface area (Å²) >= 11 is 0. The van der Waals surface area contributed by atoms with Crippen LogP contribution in [-0.2, 0) is 10.0 Å². The number of hydrogen-bond donors (Lipinski definition) is 2. The molecule has 2 N–H and O–H groups in total. The molecule has 0 spiro atoms. The van der Waals surface area contributed by atoms with Gasteiger partial charge < -0.3 is 15.3 Å². The summed E-state index contributed by atoms with van der Waals surface area (Å²) in [5.74, 6) is -0.933. The molecule has 0 bridgehead atoms. The van der Waals surface area contributed by atoms with E-state index in [4.69, 9.17) is 10.2 Å². The Hall–Kier alpha value is -1.44. The molecule has 0 amide bonds. The van der Waals surface area contributed by atoms with E-state index in [1.54, 1.807) is 13.0 Å². The van der Waals surface area contributed by atoms with Crippen molar-refractivity contribution < 1.29 is 23.7 Å². The molecule has 0 aliphatic rings. The van der Waals surface area contributed by atoms with E-state index in [0.29, 0.717) is 5.56 Å². The van der Waals surface area contributed by atoms with Crippen LogP contribution >= 0.6 is 0 Å². The number of nitrogens with zero attached hydrogens (tertiary/aromatic N) is 1. The lowest BCUT2D eigenvalue weighted by Gasteiger charge is -2.30. The minimum absolute atomic E-state index is 0.0368. The van der Waals surface area contributed by atoms with Gasteiger partial charge in [0.15, 0.2) is 0 Å². The Bertz CT molecular complexity index is 661. The van der Waals surface area contributed by atoms with Gasteiger partial charge in [0.1, 0.15) is 0 Å². The van der Waals surface area contributed by atoms with Crippen molar-refractivity contribution in [2.45, 2.75) is 38.5 Å². The largest absolute Gasteiger partial charge is 0.861 e. The average molecular weight is 328 g/mol. The molecular formula is C15H22NO5S-. The topological polar surface area (TPSA) is 110 Å². The molecule has 0 saturated carbocycles. The fraction of sp³-hybridized carbons (Fsp3) is 0.533. The number of rotatable bonds is 6. The first-order chi connectivity index (χ1) is 10.1. The van der Waals surface area contributed by atoms with E-state index in [2.05, 4.69) is 4.40 Å². The van der Waals surface area contributed by atoms with Gasteiger partial charge in [0.25, 0.3) is 10.0 Å². The molecule has 1 rings (SSSR count). The number of benzene rings is 1. The number of aryl methyl sites for hydroxylation is 1. The maximum absolute atomic E-state index is 12.4. The molecule has 1 aromatic rings. The molecule has 0 fully saturated rings. The zero-order valence-electron chi connectivity index (χ0n) is 13.2. The molecule has 0 radical (unpaired) electrons. The van der Waals surface area contributed by atoms with Crippen LogP contribution in [0.1, 0.15) is 37.8 Å². The Morgan fingerprint density at radius 1 is 1.32 bits per heavy atom. The van der Waals surface area contributed by atoms with Crippen LogP contribution in [0.5, 0.6) is 0 Å². The van der Waals surface area contributed by atoms with Gasteiger partial charge in [-0.1, -0.05) is 32.9 Å². The van der Waals surface area contributed by atoms with E-state index in [9.17, 15) is 13.5 Å². The summed E-state index contributed by atoms with van der Waals surface area (Å²) in [6.45, 7) is 5.36. The second-order valence-electron chi connectivity index (χ2n) is 5.93. The number of aliphatic hydroxyl groups is 2.